The minimum Gasteiger partial charge on any atom is -0.352 e. The molecule has 13 heavy (non-hydrogen) atoms. The van der Waals surface area contributed by atoms with E-state index in [1.54, 1.807) is 0 Å². The lowest BCUT2D eigenvalue weighted by atomic mass is 9.99. The molecule has 1 saturated carbocycles. The maximum absolute atomic E-state index is 11.2. The van der Waals surface area contributed by atoms with Gasteiger partial charge in [0.05, 0.1) is 0 Å². The highest BCUT2D eigenvalue weighted by Gasteiger charge is 2.35. The van der Waals surface area contributed by atoms with E-state index in [-0.39, 0.29) is 30.4 Å². The number of carbonyl (C=O) groups excluding carboxylic acids is 1. The fraction of sp³-hybridized carbons (Fsp3) is 0.875. The molecular formula is C8H16ClN3O. The fourth-order valence-electron chi connectivity index (χ4n) is 1.40. The maximum Gasteiger partial charge on any atom is 0.220 e. The van der Waals surface area contributed by atoms with Crippen molar-refractivity contribution in [3.05, 3.63) is 0 Å². The SMILES string of the molecule is Cl.NC1CC1NC(=O)CC1CNC1. The van der Waals surface area contributed by atoms with Crippen LogP contribution >= 0.6 is 12.4 Å². The van der Waals surface area contributed by atoms with Crippen molar-refractivity contribution in [1.82, 2.24) is 10.6 Å². The van der Waals surface area contributed by atoms with Crippen molar-refractivity contribution in [2.75, 3.05) is 13.1 Å². The van der Waals surface area contributed by atoms with Crippen LogP contribution in [-0.4, -0.2) is 31.1 Å². The topological polar surface area (TPSA) is 67.1 Å². The van der Waals surface area contributed by atoms with Crippen molar-refractivity contribution in [1.29, 1.82) is 0 Å². The molecule has 2 unspecified atom stereocenters. The molecule has 1 heterocycles. The summed E-state index contributed by atoms with van der Waals surface area (Å²) in [6.45, 7) is 1.98. The van der Waals surface area contributed by atoms with Gasteiger partial charge in [0, 0.05) is 18.5 Å². The molecule has 0 spiro atoms. The molecule has 2 fully saturated rings. The average Bonchev–Trinajstić information content (AvgIpc) is 2.58. The second kappa shape index (κ2) is 4.26. The first kappa shape index (κ1) is 10.8. The van der Waals surface area contributed by atoms with Crippen molar-refractivity contribution in [2.24, 2.45) is 11.7 Å². The number of rotatable bonds is 3. The summed E-state index contributed by atoms with van der Waals surface area (Å²) in [7, 11) is 0. The number of nitrogens with one attached hydrogen (secondary N) is 2. The lowest BCUT2D eigenvalue weighted by molar-refractivity contribution is -0.122. The van der Waals surface area contributed by atoms with Crippen LogP contribution in [-0.2, 0) is 4.79 Å². The van der Waals surface area contributed by atoms with Gasteiger partial charge >= 0.3 is 0 Å². The van der Waals surface area contributed by atoms with E-state index in [1.807, 2.05) is 0 Å². The molecule has 4 N–H and O–H groups in total. The van der Waals surface area contributed by atoms with Crippen LogP contribution < -0.4 is 16.4 Å². The summed E-state index contributed by atoms with van der Waals surface area (Å²) in [4.78, 5) is 11.2. The number of halogens is 1. The predicted molar refractivity (Wildman–Crippen MR) is 52.7 cm³/mol. The van der Waals surface area contributed by atoms with Gasteiger partial charge in [-0.15, -0.1) is 12.4 Å². The number of hydrogen-bond donors (Lipinski definition) is 3. The number of hydrogen-bond acceptors (Lipinski definition) is 3. The third kappa shape index (κ3) is 2.83. The third-order valence-electron chi connectivity index (χ3n) is 2.53. The lowest BCUT2D eigenvalue weighted by Gasteiger charge is -2.26. The van der Waals surface area contributed by atoms with Crippen LogP contribution in [0, 0.1) is 5.92 Å². The number of carbonyl (C=O) groups is 1. The molecule has 4 nitrogen and oxygen atoms in total. The Labute approximate surface area is 84.0 Å². The molecule has 0 bridgehead atoms. The van der Waals surface area contributed by atoms with E-state index in [0.717, 1.165) is 19.5 Å². The number of amides is 1. The summed E-state index contributed by atoms with van der Waals surface area (Å²) in [5.74, 6) is 0.722. The van der Waals surface area contributed by atoms with Gasteiger partial charge in [-0.1, -0.05) is 0 Å². The van der Waals surface area contributed by atoms with E-state index in [0.29, 0.717) is 12.3 Å². The standard InChI is InChI=1S/C8H15N3O.ClH/c9-6-2-7(6)11-8(12)1-5-3-10-4-5;/h5-7,10H,1-4,9H2,(H,11,12);1H. The Morgan fingerprint density at radius 2 is 2.15 bits per heavy atom. The Morgan fingerprint density at radius 3 is 2.54 bits per heavy atom. The fourth-order valence-corrected chi connectivity index (χ4v) is 1.40. The quantitative estimate of drug-likeness (QED) is 0.567. The molecule has 5 heteroatoms. The minimum atomic E-state index is 0. The van der Waals surface area contributed by atoms with Crippen LogP contribution in [0.1, 0.15) is 12.8 Å². The molecule has 0 aromatic rings. The van der Waals surface area contributed by atoms with Crippen LogP contribution in [0.25, 0.3) is 0 Å². The molecule has 1 saturated heterocycles. The van der Waals surface area contributed by atoms with E-state index >= 15 is 0 Å². The van der Waals surface area contributed by atoms with Gasteiger partial charge in [0.2, 0.25) is 5.91 Å². The van der Waals surface area contributed by atoms with Crippen LogP contribution in [0.4, 0.5) is 0 Å². The highest BCUT2D eigenvalue weighted by molar-refractivity contribution is 5.85. The normalized spacial score (nSPS) is 31.5. The zero-order valence-corrected chi connectivity index (χ0v) is 8.27. The molecule has 76 valence electrons. The zero-order chi connectivity index (χ0) is 8.55. The highest BCUT2D eigenvalue weighted by Crippen LogP contribution is 2.18. The summed E-state index contributed by atoms with van der Waals surface area (Å²) in [5.41, 5.74) is 5.57. The molecule has 2 aliphatic rings. The Kier molecular flexibility index (Phi) is 3.53. The first-order valence-corrected chi connectivity index (χ1v) is 4.51. The van der Waals surface area contributed by atoms with Crippen LogP contribution in [0.3, 0.4) is 0 Å². The summed E-state index contributed by atoms with van der Waals surface area (Å²) in [5, 5.41) is 6.05. The van der Waals surface area contributed by atoms with Gasteiger partial charge in [0.25, 0.3) is 0 Å². The summed E-state index contributed by atoms with van der Waals surface area (Å²) in [6, 6.07) is 0.485. The van der Waals surface area contributed by atoms with Gasteiger partial charge in [-0.25, -0.2) is 0 Å². The summed E-state index contributed by atoms with van der Waals surface area (Å²) >= 11 is 0. The average molecular weight is 206 g/mol. The predicted octanol–water partition coefficient (Wildman–Crippen LogP) is -0.766. The zero-order valence-electron chi connectivity index (χ0n) is 7.45. The van der Waals surface area contributed by atoms with Crippen molar-refractivity contribution < 1.29 is 4.79 Å². The van der Waals surface area contributed by atoms with Crippen molar-refractivity contribution >= 4 is 18.3 Å². The lowest BCUT2D eigenvalue weighted by Crippen LogP contribution is -2.45. The van der Waals surface area contributed by atoms with E-state index in [2.05, 4.69) is 10.6 Å². The van der Waals surface area contributed by atoms with E-state index in [4.69, 9.17) is 5.73 Å². The molecule has 1 aliphatic heterocycles. The molecule has 1 aliphatic carbocycles. The van der Waals surface area contributed by atoms with Gasteiger partial charge in [0.15, 0.2) is 0 Å². The van der Waals surface area contributed by atoms with Gasteiger partial charge in [-0.3, -0.25) is 4.79 Å². The second-order valence-electron chi connectivity index (χ2n) is 3.80. The van der Waals surface area contributed by atoms with Crippen molar-refractivity contribution in [3.63, 3.8) is 0 Å². The molecular weight excluding hydrogens is 190 g/mol. The van der Waals surface area contributed by atoms with Crippen LogP contribution in [0.5, 0.6) is 0 Å². The third-order valence-corrected chi connectivity index (χ3v) is 2.53. The molecule has 0 aromatic carbocycles. The summed E-state index contributed by atoms with van der Waals surface area (Å²) in [6.07, 6.45) is 1.62. The molecule has 1 amide bonds. The Morgan fingerprint density at radius 1 is 1.54 bits per heavy atom. The van der Waals surface area contributed by atoms with Gasteiger partial charge in [-0.05, 0) is 25.4 Å². The van der Waals surface area contributed by atoms with Crippen LogP contribution in [0.15, 0.2) is 0 Å². The van der Waals surface area contributed by atoms with E-state index in [9.17, 15) is 4.79 Å². The Hall–Kier alpha value is -0.320. The minimum absolute atomic E-state index is 0. The first-order chi connectivity index (χ1) is 5.75. The molecule has 0 aromatic heterocycles. The van der Waals surface area contributed by atoms with Gasteiger partial charge in [-0.2, -0.15) is 0 Å². The largest absolute Gasteiger partial charge is 0.352 e. The highest BCUT2D eigenvalue weighted by atomic mass is 35.5. The molecule has 2 atom stereocenters. The first-order valence-electron chi connectivity index (χ1n) is 4.51. The van der Waals surface area contributed by atoms with Crippen LogP contribution in [0.2, 0.25) is 0 Å². The molecule has 0 radical (unpaired) electrons. The molecule has 2 rings (SSSR count). The van der Waals surface area contributed by atoms with Crippen molar-refractivity contribution in [3.8, 4) is 0 Å². The van der Waals surface area contributed by atoms with Gasteiger partial charge in [0.1, 0.15) is 0 Å². The summed E-state index contributed by atoms with van der Waals surface area (Å²) < 4.78 is 0. The maximum atomic E-state index is 11.2. The number of nitrogens with two attached hydrogens (primary N) is 1. The monoisotopic (exact) mass is 205 g/mol. The van der Waals surface area contributed by atoms with E-state index in [1.165, 1.54) is 0 Å². The Bertz CT molecular complexity index is 187. The Balaban J connectivity index is 0.000000845. The van der Waals surface area contributed by atoms with E-state index < -0.39 is 0 Å². The second-order valence-corrected chi connectivity index (χ2v) is 3.80. The van der Waals surface area contributed by atoms with Gasteiger partial charge < -0.3 is 16.4 Å². The van der Waals surface area contributed by atoms with Crippen molar-refractivity contribution in [2.45, 2.75) is 24.9 Å². The smallest absolute Gasteiger partial charge is 0.220 e.